The van der Waals surface area contributed by atoms with Crippen molar-refractivity contribution >= 4 is 11.7 Å². The summed E-state index contributed by atoms with van der Waals surface area (Å²) >= 11 is 0. The molecule has 0 aromatic carbocycles. The minimum atomic E-state index is -0.295. The van der Waals surface area contributed by atoms with E-state index in [-0.39, 0.29) is 16.7 Å². The van der Waals surface area contributed by atoms with E-state index in [1.807, 2.05) is 0 Å². The first-order chi connectivity index (χ1) is 10.9. The zero-order valence-electron chi connectivity index (χ0n) is 14.2. The lowest BCUT2D eigenvalue weighted by Crippen LogP contribution is -2.59. The van der Waals surface area contributed by atoms with Gasteiger partial charge in [0.15, 0.2) is 0 Å². The number of ketones is 1. The van der Waals surface area contributed by atoms with E-state index in [4.69, 9.17) is 5.73 Å². The van der Waals surface area contributed by atoms with Gasteiger partial charge in [0.1, 0.15) is 5.78 Å². The first-order valence-corrected chi connectivity index (χ1v) is 9.14. The molecule has 0 saturated heterocycles. The van der Waals surface area contributed by atoms with Crippen molar-refractivity contribution in [3.8, 4) is 0 Å². The van der Waals surface area contributed by atoms with Crippen LogP contribution in [0.1, 0.15) is 52.4 Å². The number of hydrogen-bond acceptors (Lipinski definition) is 3. The third-order valence-electron chi connectivity index (χ3n) is 7.83. The predicted octanol–water partition coefficient (Wildman–Crippen LogP) is 2.18. The molecule has 126 valence electrons. The molecule has 4 aliphatic rings. The average molecular weight is 316 g/mol. The molecule has 0 radical (unpaired) electrons. The highest BCUT2D eigenvalue weighted by atomic mass is 16.1. The fourth-order valence-corrected chi connectivity index (χ4v) is 6.51. The van der Waals surface area contributed by atoms with Gasteiger partial charge >= 0.3 is 0 Å². The molecule has 1 aliphatic heterocycles. The molecule has 6 atom stereocenters. The summed E-state index contributed by atoms with van der Waals surface area (Å²) in [6, 6.07) is 0.438. The molecule has 23 heavy (non-hydrogen) atoms. The summed E-state index contributed by atoms with van der Waals surface area (Å²) < 4.78 is 0. The van der Waals surface area contributed by atoms with Crippen molar-refractivity contribution in [3.63, 3.8) is 0 Å². The topological polar surface area (TPSA) is 72.2 Å². The van der Waals surface area contributed by atoms with Crippen LogP contribution in [-0.4, -0.2) is 24.3 Å². The second-order valence-corrected chi connectivity index (χ2v) is 8.71. The van der Waals surface area contributed by atoms with Gasteiger partial charge in [0.25, 0.3) is 0 Å². The van der Waals surface area contributed by atoms with Gasteiger partial charge in [0.05, 0.1) is 0 Å². The number of nitrogens with two attached hydrogens (primary N) is 1. The normalized spacial score (nSPS) is 49.0. The molecule has 0 spiro atoms. The first-order valence-electron chi connectivity index (χ1n) is 9.14. The van der Waals surface area contributed by atoms with Crippen LogP contribution in [0.25, 0.3) is 0 Å². The highest BCUT2D eigenvalue weighted by Crippen LogP contribution is 2.62. The van der Waals surface area contributed by atoms with Crippen LogP contribution >= 0.6 is 0 Å². The van der Waals surface area contributed by atoms with E-state index in [1.54, 1.807) is 0 Å². The molecule has 4 nitrogen and oxygen atoms in total. The lowest BCUT2D eigenvalue weighted by molar-refractivity contribution is -0.133. The number of primary amides is 1. The Morgan fingerprint density at radius 3 is 2.74 bits per heavy atom. The zero-order chi connectivity index (χ0) is 16.4. The molecule has 3 N–H and O–H groups in total. The van der Waals surface area contributed by atoms with E-state index in [2.05, 4.69) is 25.2 Å². The number of Topliss-reactive ketones (excluding diaryl/α,β-unsaturated/α-hetero) is 1. The fraction of sp³-hybridized carbons (Fsp3) is 0.789. The first kappa shape index (κ1) is 15.4. The monoisotopic (exact) mass is 316 g/mol. The lowest BCUT2D eigenvalue weighted by Gasteiger charge is -2.58. The maximum Gasteiger partial charge on any atom is 0.245 e. The summed E-state index contributed by atoms with van der Waals surface area (Å²) in [4.78, 5) is 24.1. The Morgan fingerprint density at radius 2 is 2.00 bits per heavy atom. The molecule has 1 unspecified atom stereocenters. The molecule has 1 amide bonds. The van der Waals surface area contributed by atoms with Crippen molar-refractivity contribution in [3.05, 3.63) is 11.6 Å². The number of rotatable bonds is 1. The largest absolute Gasteiger partial charge is 0.366 e. The average Bonchev–Trinajstić information content (AvgIpc) is 2.81. The molecule has 0 aromatic rings. The van der Waals surface area contributed by atoms with Crippen molar-refractivity contribution in [2.45, 2.75) is 58.4 Å². The Hall–Kier alpha value is -1.16. The summed E-state index contributed by atoms with van der Waals surface area (Å²) in [5, 5.41) is 3.57. The van der Waals surface area contributed by atoms with Crippen molar-refractivity contribution < 1.29 is 9.59 Å². The maximum absolute atomic E-state index is 12.4. The van der Waals surface area contributed by atoms with E-state index in [0.717, 1.165) is 37.7 Å². The number of fused-ring (bicyclic) bond motifs is 5. The smallest absolute Gasteiger partial charge is 0.245 e. The molecule has 4 rings (SSSR count). The van der Waals surface area contributed by atoms with E-state index >= 15 is 0 Å². The Labute approximate surface area is 138 Å². The molecule has 3 aliphatic carbocycles. The molecular weight excluding hydrogens is 288 g/mol. The summed E-state index contributed by atoms with van der Waals surface area (Å²) in [5.74, 6) is 1.91. The van der Waals surface area contributed by atoms with Crippen molar-refractivity contribution in [2.75, 3.05) is 6.54 Å². The zero-order valence-corrected chi connectivity index (χ0v) is 14.2. The van der Waals surface area contributed by atoms with Gasteiger partial charge in [0, 0.05) is 35.4 Å². The van der Waals surface area contributed by atoms with Crippen molar-refractivity contribution in [1.29, 1.82) is 0 Å². The molecule has 3 fully saturated rings. The van der Waals surface area contributed by atoms with Gasteiger partial charge in [-0.15, -0.1) is 0 Å². The van der Waals surface area contributed by atoms with Crippen LogP contribution in [0.3, 0.4) is 0 Å². The molecule has 0 bridgehead atoms. The fourth-order valence-electron chi connectivity index (χ4n) is 6.51. The molecule has 1 heterocycles. The lowest BCUT2D eigenvalue weighted by atomic mass is 9.48. The molecule has 4 heteroatoms. The Bertz CT molecular complexity index is 598. The van der Waals surface area contributed by atoms with Crippen LogP contribution in [0.4, 0.5) is 0 Å². The summed E-state index contributed by atoms with van der Waals surface area (Å²) in [6.07, 6.45) is 8.49. The van der Waals surface area contributed by atoms with Gasteiger partial charge in [-0.3, -0.25) is 9.59 Å². The van der Waals surface area contributed by atoms with Gasteiger partial charge in [0.2, 0.25) is 5.91 Å². The Morgan fingerprint density at radius 1 is 1.22 bits per heavy atom. The molecule has 0 aromatic heterocycles. The number of carbonyl (C=O) groups is 2. The van der Waals surface area contributed by atoms with Gasteiger partial charge in [-0.2, -0.15) is 0 Å². The van der Waals surface area contributed by atoms with Crippen LogP contribution in [0.2, 0.25) is 0 Å². The summed E-state index contributed by atoms with van der Waals surface area (Å²) in [7, 11) is 0. The number of hydrogen-bond donors (Lipinski definition) is 2. The van der Waals surface area contributed by atoms with E-state index in [1.165, 1.54) is 6.42 Å². The highest BCUT2D eigenvalue weighted by Gasteiger charge is 2.59. The Kier molecular flexibility index (Phi) is 3.29. The van der Waals surface area contributed by atoms with Gasteiger partial charge in [-0.1, -0.05) is 19.9 Å². The van der Waals surface area contributed by atoms with Gasteiger partial charge in [-0.25, -0.2) is 0 Å². The summed E-state index contributed by atoms with van der Waals surface area (Å²) in [6.45, 7) is 5.12. The summed E-state index contributed by atoms with van der Waals surface area (Å²) in [5.41, 5.74) is 6.20. The van der Waals surface area contributed by atoms with Crippen LogP contribution in [-0.2, 0) is 9.59 Å². The number of carbonyl (C=O) groups excluding carboxylic acids is 2. The van der Waals surface area contributed by atoms with Crippen LogP contribution in [0.15, 0.2) is 11.6 Å². The van der Waals surface area contributed by atoms with E-state index < -0.39 is 0 Å². The maximum atomic E-state index is 12.4. The number of amides is 1. The van der Waals surface area contributed by atoms with Gasteiger partial charge < -0.3 is 11.1 Å². The second-order valence-electron chi connectivity index (χ2n) is 8.71. The standard InChI is InChI=1S/C19H28N2O2/c1-18-8-7-14-12(13(18)4-6-16(18)22)3-5-15-19(14,2)9-11(10-21-15)17(20)23/h9,12-15,21H,3-8,10H2,1-2H3,(H2,20,23)/t12-,13-,14+,15?,18-,19+/m0/s1. The third-order valence-corrected chi connectivity index (χ3v) is 7.83. The second kappa shape index (κ2) is 4.92. The van der Waals surface area contributed by atoms with Gasteiger partial charge in [-0.05, 0) is 49.9 Å². The highest BCUT2D eigenvalue weighted by molar-refractivity contribution is 5.92. The molecular formula is C19H28N2O2. The third kappa shape index (κ3) is 2.00. The van der Waals surface area contributed by atoms with Crippen LogP contribution in [0, 0.1) is 28.6 Å². The van der Waals surface area contributed by atoms with E-state index in [0.29, 0.717) is 36.1 Å². The SMILES string of the molecule is C[C@]12C=C(C(N)=O)CNC1CC[C@@H]1[C@H]2CC[C@]2(C)C(=O)CC[C@@H]12. The quantitative estimate of drug-likeness (QED) is 0.779. The molecule has 3 saturated carbocycles. The van der Waals surface area contributed by atoms with E-state index in [9.17, 15) is 9.59 Å². The minimum Gasteiger partial charge on any atom is -0.366 e. The predicted molar refractivity (Wildman–Crippen MR) is 88.5 cm³/mol. The minimum absolute atomic E-state index is 0.00149. The van der Waals surface area contributed by atoms with Crippen LogP contribution in [0.5, 0.6) is 0 Å². The van der Waals surface area contributed by atoms with Crippen molar-refractivity contribution in [2.24, 2.45) is 34.3 Å². The Balaban J connectivity index is 1.70. The van der Waals surface area contributed by atoms with Crippen LogP contribution < -0.4 is 11.1 Å². The number of nitrogens with one attached hydrogen (secondary N) is 1. The van der Waals surface area contributed by atoms with Crippen molar-refractivity contribution in [1.82, 2.24) is 5.32 Å².